The average molecular weight is 467 g/mol. The SMILES string of the molecule is Cc1cccc2[nH]c(C(=O)N[C@@H](CC3CCCCC3)C(=O)NC(C=O)C[C@@H]3CCNC3=O)cc12. The molecule has 2 aliphatic rings. The highest BCUT2D eigenvalue weighted by molar-refractivity contribution is 6.01. The molecule has 2 aromatic rings. The van der Waals surface area contributed by atoms with Crippen molar-refractivity contribution in [1.82, 2.24) is 20.9 Å². The van der Waals surface area contributed by atoms with E-state index >= 15 is 0 Å². The Morgan fingerprint density at radius 1 is 1.12 bits per heavy atom. The van der Waals surface area contributed by atoms with Crippen molar-refractivity contribution in [3.05, 3.63) is 35.5 Å². The molecule has 4 rings (SSSR count). The maximum absolute atomic E-state index is 13.2. The Morgan fingerprint density at radius 3 is 2.59 bits per heavy atom. The first-order valence-electron chi connectivity index (χ1n) is 12.4. The fourth-order valence-electron chi connectivity index (χ4n) is 5.26. The van der Waals surface area contributed by atoms with Crippen molar-refractivity contribution in [3.63, 3.8) is 0 Å². The van der Waals surface area contributed by atoms with Gasteiger partial charge in [-0.15, -0.1) is 0 Å². The molecular formula is C26H34N4O4. The highest BCUT2D eigenvalue weighted by atomic mass is 16.2. The third kappa shape index (κ3) is 5.66. The standard InChI is InChI=1S/C26H34N4O4/c1-16-6-5-9-21-20(16)14-23(29-21)26(34)30-22(12-17-7-3-2-4-8-17)25(33)28-19(15-31)13-18-10-11-27-24(18)32/h5-6,9,14-15,17-19,22,29H,2-4,7-8,10-13H2,1H3,(H,27,32)(H,28,33)(H,30,34)/t18-,19?,22-/m0/s1. The number of hydrogen-bond acceptors (Lipinski definition) is 4. The smallest absolute Gasteiger partial charge is 0.268 e. The monoisotopic (exact) mass is 466 g/mol. The number of amides is 3. The molecule has 4 N–H and O–H groups in total. The minimum atomic E-state index is -0.761. The molecule has 1 aromatic heterocycles. The van der Waals surface area contributed by atoms with Gasteiger partial charge in [0, 0.05) is 23.4 Å². The Balaban J connectivity index is 1.47. The number of hydrogen-bond donors (Lipinski definition) is 4. The van der Waals surface area contributed by atoms with Crippen molar-refractivity contribution < 1.29 is 19.2 Å². The summed E-state index contributed by atoms with van der Waals surface area (Å²) in [5, 5.41) is 9.43. The zero-order valence-electron chi connectivity index (χ0n) is 19.7. The van der Waals surface area contributed by atoms with Gasteiger partial charge in [-0.05, 0) is 49.8 Å². The molecule has 1 saturated carbocycles. The van der Waals surface area contributed by atoms with Crippen LogP contribution in [0.25, 0.3) is 10.9 Å². The molecule has 3 atom stereocenters. The van der Waals surface area contributed by atoms with E-state index in [1.54, 1.807) is 0 Å². The van der Waals surface area contributed by atoms with Crippen LogP contribution in [0, 0.1) is 18.8 Å². The summed E-state index contributed by atoms with van der Waals surface area (Å²) < 4.78 is 0. The Labute approximate surface area is 199 Å². The number of aromatic amines is 1. The first kappa shape index (κ1) is 24.0. The molecule has 0 bridgehead atoms. The van der Waals surface area contributed by atoms with E-state index in [1.807, 2.05) is 31.2 Å². The molecular weight excluding hydrogens is 432 g/mol. The molecule has 0 spiro atoms. The van der Waals surface area contributed by atoms with E-state index < -0.39 is 12.1 Å². The highest BCUT2D eigenvalue weighted by Gasteiger charge is 2.31. The van der Waals surface area contributed by atoms with Gasteiger partial charge in [0.05, 0.1) is 6.04 Å². The molecule has 8 heteroatoms. The minimum absolute atomic E-state index is 0.0812. The van der Waals surface area contributed by atoms with E-state index in [2.05, 4.69) is 20.9 Å². The van der Waals surface area contributed by atoms with Crippen LogP contribution in [0.5, 0.6) is 0 Å². The lowest BCUT2D eigenvalue weighted by molar-refractivity contribution is -0.127. The number of rotatable bonds is 9. The van der Waals surface area contributed by atoms with Crippen LogP contribution in [-0.4, -0.2) is 47.6 Å². The number of H-pyrrole nitrogens is 1. The fraction of sp³-hybridized carbons (Fsp3) is 0.538. The van der Waals surface area contributed by atoms with Crippen LogP contribution in [0.3, 0.4) is 0 Å². The van der Waals surface area contributed by atoms with E-state index in [0.29, 0.717) is 37.3 Å². The third-order valence-corrected chi connectivity index (χ3v) is 7.24. The third-order valence-electron chi connectivity index (χ3n) is 7.24. The van der Waals surface area contributed by atoms with Crippen LogP contribution in [0.1, 0.15) is 67.4 Å². The summed E-state index contributed by atoms with van der Waals surface area (Å²) in [6, 6.07) is 6.13. The summed E-state index contributed by atoms with van der Waals surface area (Å²) in [5.74, 6) is -0.727. The van der Waals surface area contributed by atoms with Crippen LogP contribution in [0.4, 0.5) is 0 Å². The first-order chi connectivity index (χ1) is 16.4. The van der Waals surface area contributed by atoms with Crippen molar-refractivity contribution in [3.8, 4) is 0 Å². The molecule has 1 unspecified atom stereocenters. The summed E-state index contributed by atoms with van der Waals surface area (Å²) in [5.41, 5.74) is 2.34. The van der Waals surface area contributed by atoms with E-state index in [0.717, 1.165) is 42.1 Å². The highest BCUT2D eigenvalue weighted by Crippen LogP contribution is 2.28. The molecule has 2 fully saturated rings. The van der Waals surface area contributed by atoms with Gasteiger partial charge in [0.2, 0.25) is 11.8 Å². The molecule has 1 aliphatic heterocycles. The second-order valence-corrected chi connectivity index (χ2v) is 9.75. The zero-order valence-corrected chi connectivity index (χ0v) is 19.7. The summed E-state index contributed by atoms with van der Waals surface area (Å²) >= 11 is 0. The Bertz CT molecular complexity index is 1060. The maximum atomic E-state index is 13.2. The predicted octanol–water partition coefficient (Wildman–Crippen LogP) is 2.76. The van der Waals surface area contributed by atoms with Gasteiger partial charge in [-0.3, -0.25) is 14.4 Å². The van der Waals surface area contributed by atoms with Gasteiger partial charge in [-0.2, -0.15) is 0 Å². The Morgan fingerprint density at radius 2 is 1.91 bits per heavy atom. The maximum Gasteiger partial charge on any atom is 0.268 e. The Hall–Kier alpha value is -3.16. The van der Waals surface area contributed by atoms with Crippen LogP contribution < -0.4 is 16.0 Å². The lowest BCUT2D eigenvalue weighted by Gasteiger charge is -2.27. The molecule has 1 saturated heterocycles. The van der Waals surface area contributed by atoms with Gasteiger partial charge in [-0.1, -0.05) is 44.2 Å². The van der Waals surface area contributed by atoms with Gasteiger partial charge in [0.15, 0.2) is 0 Å². The second-order valence-electron chi connectivity index (χ2n) is 9.75. The van der Waals surface area contributed by atoms with Crippen LogP contribution in [-0.2, 0) is 14.4 Å². The van der Waals surface area contributed by atoms with Gasteiger partial charge in [0.25, 0.3) is 5.91 Å². The number of fused-ring (bicyclic) bond motifs is 1. The second kappa shape index (κ2) is 10.8. The van der Waals surface area contributed by atoms with Crippen molar-refractivity contribution >= 4 is 34.9 Å². The van der Waals surface area contributed by atoms with Gasteiger partial charge in [0.1, 0.15) is 18.0 Å². The number of nitrogens with one attached hydrogen (secondary N) is 4. The molecule has 3 amide bonds. The molecule has 1 aliphatic carbocycles. The number of aryl methyl sites for hydroxylation is 1. The number of benzene rings is 1. The quantitative estimate of drug-likeness (QED) is 0.425. The lowest BCUT2D eigenvalue weighted by Crippen LogP contribution is -2.51. The van der Waals surface area contributed by atoms with Gasteiger partial charge >= 0.3 is 0 Å². The summed E-state index contributed by atoms with van der Waals surface area (Å²) in [7, 11) is 0. The summed E-state index contributed by atoms with van der Waals surface area (Å²) in [6.07, 6.45) is 7.66. The van der Waals surface area contributed by atoms with Gasteiger partial charge < -0.3 is 25.7 Å². The first-order valence-corrected chi connectivity index (χ1v) is 12.4. The van der Waals surface area contributed by atoms with Crippen molar-refractivity contribution in [2.24, 2.45) is 11.8 Å². The molecule has 34 heavy (non-hydrogen) atoms. The van der Waals surface area contributed by atoms with Crippen molar-refractivity contribution in [2.45, 2.75) is 70.4 Å². The molecule has 182 valence electrons. The molecule has 8 nitrogen and oxygen atoms in total. The normalized spacial score (nSPS) is 20.5. The molecule has 0 radical (unpaired) electrons. The fourth-order valence-corrected chi connectivity index (χ4v) is 5.26. The van der Waals surface area contributed by atoms with Crippen LogP contribution in [0.2, 0.25) is 0 Å². The number of carbonyl (C=O) groups excluding carboxylic acids is 4. The predicted molar refractivity (Wildman–Crippen MR) is 129 cm³/mol. The number of aldehydes is 1. The molecule has 1 aromatic carbocycles. The lowest BCUT2D eigenvalue weighted by atomic mass is 9.84. The van der Waals surface area contributed by atoms with E-state index in [-0.39, 0.29) is 30.1 Å². The number of aromatic nitrogens is 1. The summed E-state index contributed by atoms with van der Waals surface area (Å²) in [4.78, 5) is 53.1. The van der Waals surface area contributed by atoms with E-state index in [4.69, 9.17) is 0 Å². The number of carbonyl (C=O) groups is 4. The average Bonchev–Trinajstić information content (AvgIpc) is 3.46. The topological polar surface area (TPSA) is 120 Å². The summed E-state index contributed by atoms with van der Waals surface area (Å²) in [6.45, 7) is 2.58. The van der Waals surface area contributed by atoms with Crippen LogP contribution in [0.15, 0.2) is 24.3 Å². The van der Waals surface area contributed by atoms with Gasteiger partial charge in [-0.25, -0.2) is 0 Å². The van der Waals surface area contributed by atoms with Crippen molar-refractivity contribution in [1.29, 1.82) is 0 Å². The zero-order chi connectivity index (χ0) is 24.1. The Kier molecular flexibility index (Phi) is 7.65. The van der Waals surface area contributed by atoms with E-state index in [1.165, 1.54) is 6.42 Å². The molecule has 2 heterocycles. The van der Waals surface area contributed by atoms with E-state index in [9.17, 15) is 19.2 Å². The minimum Gasteiger partial charge on any atom is -0.356 e. The van der Waals surface area contributed by atoms with Crippen LogP contribution >= 0.6 is 0 Å². The largest absolute Gasteiger partial charge is 0.356 e. The van der Waals surface area contributed by atoms with Crippen molar-refractivity contribution in [2.75, 3.05) is 6.54 Å².